The third-order valence-corrected chi connectivity index (χ3v) is 3.47. The molecule has 1 N–H and O–H groups in total. The molecule has 0 amide bonds. The summed E-state index contributed by atoms with van der Waals surface area (Å²) in [5.41, 5.74) is -1.41. The van der Waals surface area contributed by atoms with E-state index < -0.39 is 17.4 Å². The van der Waals surface area contributed by atoms with Gasteiger partial charge in [-0.15, -0.1) is 0 Å². The van der Waals surface area contributed by atoms with E-state index in [1.54, 1.807) is 13.8 Å². The monoisotopic (exact) mass is 240 g/mol. The average molecular weight is 240 g/mol. The second-order valence-corrected chi connectivity index (χ2v) is 4.32. The van der Waals surface area contributed by atoms with E-state index in [4.69, 9.17) is 4.74 Å². The third-order valence-electron chi connectivity index (χ3n) is 3.47. The summed E-state index contributed by atoms with van der Waals surface area (Å²) in [7, 11) is 0. The minimum atomic E-state index is -1.41. The number of carboxylic acid groups (broad SMARTS) is 1. The number of hydrogen-bond donors (Lipinski definition) is 1. The molecule has 2 unspecified atom stereocenters. The summed E-state index contributed by atoms with van der Waals surface area (Å²) in [6, 6.07) is 0. The lowest BCUT2D eigenvalue weighted by molar-refractivity contribution is -0.172. The maximum atomic E-state index is 12.0. The lowest BCUT2D eigenvalue weighted by Gasteiger charge is -2.33. The van der Waals surface area contributed by atoms with Crippen LogP contribution in [0.1, 0.15) is 39.5 Å². The number of carboxylic acids is 1. The van der Waals surface area contributed by atoms with Crippen LogP contribution in [0.3, 0.4) is 0 Å². The van der Waals surface area contributed by atoms with Gasteiger partial charge >= 0.3 is 11.9 Å². The fraction of sp³-hybridized carbons (Fsp3) is 0.692. The fourth-order valence-electron chi connectivity index (χ4n) is 2.44. The van der Waals surface area contributed by atoms with Crippen LogP contribution >= 0.6 is 0 Å². The van der Waals surface area contributed by atoms with Gasteiger partial charge in [0.05, 0.1) is 6.61 Å². The molecule has 4 heteroatoms. The van der Waals surface area contributed by atoms with Gasteiger partial charge in [0.2, 0.25) is 0 Å². The number of carbonyl (C=O) groups is 2. The largest absolute Gasteiger partial charge is 0.480 e. The van der Waals surface area contributed by atoms with Gasteiger partial charge in [0, 0.05) is 5.92 Å². The summed E-state index contributed by atoms with van der Waals surface area (Å²) < 4.78 is 4.96. The maximum Gasteiger partial charge on any atom is 0.324 e. The Labute approximate surface area is 102 Å². The van der Waals surface area contributed by atoms with Gasteiger partial charge in [0.25, 0.3) is 0 Å². The van der Waals surface area contributed by atoms with Gasteiger partial charge in [-0.1, -0.05) is 19.1 Å². The zero-order valence-corrected chi connectivity index (χ0v) is 10.4. The SMILES string of the molecule is CCOC(=O)C(CC)(C(=O)O)C1C=CCCC1. The molecule has 4 nitrogen and oxygen atoms in total. The van der Waals surface area contributed by atoms with Crippen molar-refractivity contribution in [2.75, 3.05) is 6.61 Å². The molecular formula is C13H20O4. The van der Waals surface area contributed by atoms with Crippen LogP contribution in [0.4, 0.5) is 0 Å². The molecule has 0 fully saturated rings. The third kappa shape index (κ3) is 2.51. The van der Waals surface area contributed by atoms with Crippen molar-refractivity contribution in [3.8, 4) is 0 Å². The highest BCUT2D eigenvalue weighted by Gasteiger charge is 2.51. The zero-order valence-electron chi connectivity index (χ0n) is 10.4. The van der Waals surface area contributed by atoms with Crippen molar-refractivity contribution in [2.24, 2.45) is 11.3 Å². The number of carbonyl (C=O) groups excluding carboxylic acids is 1. The first-order valence-corrected chi connectivity index (χ1v) is 6.16. The molecule has 0 spiro atoms. The molecule has 0 heterocycles. The molecule has 0 bridgehead atoms. The Morgan fingerprint density at radius 3 is 2.59 bits per heavy atom. The van der Waals surface area contributed by atoms with Crippen LogP contribution in [0.5, 0.6) is 0 Å². The second-order valence-electron chi connectivity index (χ2n) is 4.32. The van der Waals surface area contributed by atoms with Crippen LogP contribution in [0, 0.1) is 11.3 Å². The molecule has 96 valence electrons. The van der Waals surface area contributed by atoms with Crippen molar-refractivity contribution >= 4 is 11.9 Å². The van der Waals surface area contributed by atoms with Crippen LogP contribution in [0.2, 0.25) is 0 Å². The van der Waals surface area contributed by atoms with E-state index >= 15 is 0 Å². The van der Waals surface area contributed by atoms with Gasteiger partial charge in [-0.05, 0) is 32.6 Å². The summed E-state index contributed by atoms with van der Waals surface area (Å²) in [5.74, 6) is -1.93. The van der Waals surface area contributed by atoms with E-state index in [0.29, 0.717) is 0 Å². The molecular weight excluding hydrogens is 220 g/mol. The van der Waals surface area contributed by atoms with Crippen molar-refractivity contribution in [2.45, 2.75) is 39.5 Å². The molecule has 2 atom stereocenters. The Kier molecular flexibility index (Phi) is 4.73. The highest BCUT2D eigenvalue weighted by Crippen LogP contribution is 2.39. The number of ether oxygens (including phenoxy) is 1. The Balaban J connectivity index is 3.07. The van der Waals surface area contributed by atoms with Gasteiger partial charge in [0.1, 0.15) is 0 Å². The van der Waals surface area contributed by atoms with Crippen molar-refractivity contribution in [1.82, 2.24) is 0 Å². The van der Waals surface area contributed by atoms with Crippen molar-refractivity contribution in [3.63, 3.8) is 0 Å². The summed E-state index contributed by atoms with van der Waals surface area (Å²) in [6.07, 6.45) is 6.69. The van der Waals surface area contributed by atoms with Gasteiger partial charge < -0.3 is 9.84 Å². The van der Waals surface area contributed by atoms with E-state index in [1.165, 1.54) is 0 Å². The molecule has 0 saturated carbocycles. The van der Waals surface area contributed by atoms with Gasteiger partial charge in [-0.25, -0.2) is 0 Å². The quantitative estimate of drug-likeness (QED) is 0.455. The molecule has 0 radical (unpaired) electrons. The number of rotatable bonds is 5. The van der Waals surface area contributed by atoms with E-state index in [1.807, 2.05) is 12.2 Å². The Morgan fingerprint density at radius 2 is 2.18 bits per heavy atom. The molecule has 17 heavy (non-hydrogen) atoms. The van der Waals surface area contributed by atoms with E-state index in [0.717, 1.165) is 19.3 Å². The van der Waals surface area contributed by atoms with Crippen LogP contribution in [-0.4, -0.2) is 23.7 Å². The standard InChI is InChI=1S/C13H20O4/c1-3-13(11(14)15,12(16)17-4-2)10-8-6-5-7-9-10/h6,8,10H,3-5,7,9H2,1-2H3,(H,14,15). The number of aliphatic carboxylic acids is 1. The van der Waals surface area contributed by atoms with Crippen LogP contribution in [-0.2, 0) is 14.3 Å². The first-order valence-electron chi connectivity index (χ1n) is 6.16. The zero-order chi connectivity index (χ0) is 12.9. The van der Waals surface area contributed by atoms with Crippen LogP contribution in [0.15, 0.2) is 12.2 Å². The fourth-order valence-corrected chi connectivity index (χ4v) is 2.44. The van der Waals surface area contributed by atoms with E-state index in [9.17, 15) is 14.7 Å². The number of hydrogen-bond acceptors (Lipinski definition) is 3. The van der Waals surface area contributed by atoms with Crippen LogP contribution < -0.4 is 0 Å². The summed E-state index contributed by atoms with van der Waals surface area (Å²) in [6.45, 7) is 3.63. The lowest BCUT2D eigenvalue weighted by Crippen LogP contribution is -2.46. The van der Waals surface area contributed by atoms with Crippen LogP contribution in [0.25, 0.3) is 0 Å². The summed E-state index contributed by atoms with van der Waals surface area (Å²) in [5, 5.41) is 9.44. The normalized spacial score (nSPS) is 22.8. The summed E-state index contributed by atoms with van der Waals surface area (Å²) in [4.78, 5) is 23.5. The predicted molar refractivity (Wildman–Crippen MR) is 63.5 cm³/mol. The average Bonchev–Trinajstić information content (AvgIpc) is 2.32. The molecule has 0 aromatic carbocycles. The van der Waals surface area contributed by atoms with Crippen molar-refractivity contribution in [1.29, 1.82) is 0 Å². The predicted octanol–water partition coefficient (Wildman–Crippen LogP) is 2.39. The Bertz CT molecular complexity index is 321. The minimum absolute atomic E-state index is 0.213. The topological polar surface area (TPSA) is 63.6 Å². The van der Waals surface area contributed by atoms with Crippen molar-refractivity contribution < 1.29 is 19.4 Å². The minimum Gasteiger partial charge on any atom is -0.480 e. The maximum absolute atomic E-state index is 12.0. The number of esters is 1. The first kappa shape index (κ1) is 13.7. The molecule has 1 rings (SSSR count). The van der Waals surface area contributed by atoms with Gasteiger partial charge in [-0.2, -0.15) is 0 Å². The molecule has 0 aromatic heterocycles. The smallest absolute Gasteiger partial charge is 0.324 e. The molecule has 0 aliphatic heterocycles. The Morgan fingerprint density at radius 1 is 1.47 bits per heavy atom. The number of allylic oxidation sites excluding steroid dienone is 2. The molecule has 1 aliphatic rings. The van der Waals surface area contributed by atoms with Gasteiger partial charge in [0.15, 0.2) is 5.41 Å². The lowest BCUT2D eigenvalue weighted by atomic mass is 9.69. The van der Waals surface area contributed by atoms with E-state index in [-0.39, 0.29) is 18.9 Å². The molecule has 0 aromatic rings. The highest BCUT2D eigenvalue weighted by molar-refractivity contribution is 5.99. The molecule has 0 saturated heterocycles. The Hall–Kier alpha value is -1.32. The van der Waals surface area contributed by atoms with Gasteiger partial charge in [-0.3, -0.25) is 9.59 Å². The second kappa shape index (κ2) is 5.84. The van der Waals surface area contributed by atoms with Crippen molar-refractivity contribution in [3.05, 3.63) is 12.2 Å². The molecule has 1 aliphatic carbocycles. The first-order chi connectivity index (χ1) is 8.09. The summed E-state index contributed by atoms with van der Waals surface area (Å²) >= 11 is 0. The highest BCUT2D eigenvalue weighted by atomic mass is 16.5. The van der Waals surface area contributed by atoms with E-state index in [2.05, 4.69) is 0 Å².